The van der Waals surface area contributed by atoms with Gasteiger partial charge in [-0.1, -0.05) is 30.9 Å². The van der Waals surface area contributed by atoms with Gasteiger partial charge in [0.25, 0.3) is 0 Å². The molecule has 1 atom stereocenters. The van der Waals surface area contributed by atoms with E-state index in [4.69, 9.17) is 11.6 Å². The molecule has 0 aromatic heterocycles. The van der Waals surface area contributed by atoms with Gasteiger partial charge in [0.15, 0.2) is 0 Å². The molecule has 2 nitrogen and oxygen atoms in total. The van der Waals surface area contributed by atoms with Crippen molar-refractivity contribution in [3.8, 4) is 0 Å². The van der Waals surface area contributed by atoms with E-state index >= 15 is 0 Å². The smallest absolute Gasteiger partial charge is 0.233 e. The average molecular weight is 316 g/mol. The van der Waals surface area contributed by atoms with E-state index in [0.29, 0.717) is 6.04 Å². The molecule has 1 aromatic carbocycles. The van der Waals surface area contributed by atoms with Crippen LogP contribution in [0.2, 0.25) is 5.02 Å². The van der Waals surface area contributed by atoms with E-state index in [0.717, 1.165) is 17.7 Å². The van der Waals surface area contributed by atoms with Crippen LogP contribution >= 0.6 is 23.4 Å². The van der Waals surface area contributed by atoms with E-state index in [1.165, 1.54) is 37.1 Å². The summed E-state index contributed by atoms with van der Waals surface area (Å²) in [5.74, 6) is -0.391. The van der Waals surface area contributed by atoms with Gasteiger partial charge in [-0.2, -0.15) is 0 Å². The fourth-order valence-electron chi connectivity index (χ4n) is 2.37. The zero-order chi connectivity index (χ0) is 14.5. The van der Waals surface area contributed by atoms with E-state index < -0.39 is 5.82 Å². The summed E-state index contributed by atoms with van der Waals surface area (Å²) >= 11 is 7.14. The number of hydrogen-bond acceptors (Lipinski definition) is 2. The summed E-state index contributed by atoms with van der Waals surface area (Å²) in [5.41, 5.74) is 0. The number of rotatable bonds is 4. The van der Waals surface area contributed by atoms with Crippen LogP contribution in [-0.4, -0.2) is 17.2 Å². The summed E-state index contributed by atoms with van der Waals surface area (Å²) in [6.07, 6.45) is 5.81. The predicted molar refractivity (Wildman–Crippen MR) is 81.7 cm³/mol. The molecule has 0 bridgehead atoms. The van der Waals surface area contributed by atoms with Gasteiger partial charge in [-0.05, 0) is 38.0 Å². The van der Waals surface area contributed by atoms with Crippen molar-refractivity contribution in [2.24, 2.45) is 0 Å². The van der Waals surface area contributed by atoms with Gasteiger partial charge < -0.3 is 5.32 Å². The minimum absolute atomic E-state index is 0.0438. The standard InChI is InChI=1S/C15H19ClFNOS/c1-10(15(19)18-11-5-3-2-4-6-11)20-12-7-8-14(17)13(16)9-12/h7-11H,2-6H2,1H3,(H,18,19). The third-order valence-corrected chi connectivity index (χ3v) is 4.91. The molecule has 0 heterocycles. The number of hydrogen-bond donors (Lipinski definition) is 1. The van der Waals surface area contributed by atoms with Crippen molar-refractivity contribution >= 4 is 29.3 Å². The largest absolute Gasteiger partial charge is 0.352 e. The van der Waals surface area contributed by atoms with E-state index in [1.54, 1.807) is 12.1 Å². The summed E-state index contributed by atoms with van der Waals surface area (Å²) in [6, 6.07) is 4.86. The lowest BCUT2D eigenvalue weighted by molar-refractivity contribution is -0.121. The summed E-state index contributed by atoms with van der Waals surface area (Å²) in [5, 5.41) is 2.98. The monoisotopic (exact) mass is 315 g/mol. The predicted octanol–water partition coefficient (Wildman–Crippen LogP) is 4.41. The van der Waals surface area contributed by atoms with Gasteiger partial charge >= 0.3 is 0 Å². The molecule has 1 aliphatic carbocycles. The highest BCUT2D eigenvalue weighted by molar-refractivity contribution is 8.00. The molecule has 1 N–H and O–H groups in total. The maximum atomic E-state index is 13.1. The Balaban J connectivity index is 1.88. The molecule has 20 heavy (non-hydrogen) atoms. The Morgan fingerprint density at radius 3 is 2.75 bits per heavy atom. The normalized spacial score (nSPS) is 17.8. The highest BCUT2D eigenvalue weighted by Crippen LogP contribution is 2.28. The minimum Gasteiger partial charge on any atom is -0.352 e. The van der Waals surface area contributed by atoms with E-state index in [9.17, 15) is 9.18 Å². The van der Waals surface area contributed by atoms with Crippen LogP contribution in [-0.2, 0) is 4.79 Å². The summed E-state index contributed by atoms with van der Waals surface area (Å²) in [7, 11) is 0. The maximum absolute atomic E-state index is 13.1. The van der Waals surface area contributed by atoms with Gasteiger partial charge in [0.1, 0.15) is 5.82 Å². The van der Waals surface area contributed by atoms with Crippen molar-refractivity contribution in [2.75, 3.05) is 0 Å². The SMILES string of the molecule is CC(Sc1ccc(F)c(Cl)c1)C(=O)NC1CCCCC1. The molecule has 1 aromatic rings. The Hall–Kier alpha value is -0.740. The summed E-state index contributed by atoms with van der Waals surface area (Å²) in [4.78, 5) is 12.9. The quantitative estimate of drug-likeness (QED) is 0.834. The van der Waals surface area contributed by atoms with Crippen molar-refractivity contribution in [3.05, 3.63) is 29.0 Å². The Morgan fingerprint density at radius 1 is 1.40 bits per heavy atom. The van der Waals surface area contributed by atoms with Crippen LogP contribution in [0.1, 0.15) is 39.0 Å². The fourth-order valence-corrected chi connectivity index (χ4v) is 3.53. The molecule has 0 aliphatic heterocycles. The Morgan fingerprint density at radius 2 is 2.10 bits per heavy atom. The van der Waals surface area contributed by atoms with Crippen molar-refractivity contribution in [3.63, 3.8) is 0 Å². The molecule has 1 unspecified atom stereocenters. The molecular formula is C15H19ClFNOS. The molecule has 0 saturated heterocycles. The van der Waals surface area contributed by atoms with Gasteiger partial charge in [0.05, 0.1) is 10.3 Å². The molecular weight excluding hydrogens is 297 g/mol. The van der Waals surface area contributed by atoms with Gasteiger partial charge in [-0.25, -0.2) is 4.39 Å². The van der Waals surface area contributed by atoms with Gasteiger partial charge in [-0.15, -0.1) is 11.8 Å². The Kier molecular flexibility index (Phi) is 5.73. The number of carbonyl (C=O) groups excluding carboxylic acids is 1. The number of benzene rings is 1. The average Bonchev–Trinajstić information content (AvgIpc) is 2.44. The lowest BCUT2D eigenvalue weighted by atomic mass is 9.95. The second-order valence-corrected chi connectivity index (χ2v) is 7.00. The lowest BCUT2D eigenvalue weighted by Crippen LogP contribution is -2.40. The molecule has 2 rings (SSSR count). The second kappa shape index (κ2) is 7.32. The molecule has 1 amide bonds. The van der Waals surface area contributed by atoms with Gasteiger partial charge in [0.2, 0.25) is 5.91 Å². The van der Waals surface area contributed by atoms with Gasteiger partial charge in [-0.3, -0.25) is 4.79 Å². The van der Waals surface area contributed by atoms with Crippen molar-refractivity contribution in [1.29, 1.82) is 0 Å². The Bertz CT molecular complexity index is 477. The summed E-state index contributed by atoms with van der Waals surface area (Å²) < 4.78 is 13.1. The molecule has 0 radical (unpaired) electrons. The van der Waals surface area contributed by atoms with E-state index in [2.05, 4.69) is 5.32 Å². The molecule has 110 valence electrons. The third-order valence-electron chi connectivity index (χ3n) is 3.52. The van der Waals surface area contributed by atoms with Gasteiger partial charge in [0, 0.05) is 10.9 Å². The number of amides is 1. The van der Waals surface area contributed by atoms with Crippen LogP contribution < -0.4 is 5.32 Å². The van der Waals surface area contributed by atoms with Crippen molar-refractivity contribution in [1.82, 2.24) is 5.32 Å². The van der Waals surface area contributed by atoms with Crippen LogP contribution in [0.5, 0.6) is 0 Å². The number of thioether (sulfide) groups is 1. The maximum Gasteiger partial charge on any atom is 0.233 e. The second-order valence-electron chi connectivity index (χ2n) is 5.18. The van der Waals surface area contributed by atoms with Crippen LogP contribution in [0, 0.1) is 5.82 Å². The van der Waals surface area contributed by atoms with Crippen LogP contribution in [0.3, 0.4) is 0 Å². The summed E-state index contributed by atoms with van der Waals surface area (Å²) in [6.45, 7) is 1.86. The first-order valence-corrected chi connectivity index (χ1v) is 8.24. The van der Waals surface area contributed by atoms with E-state index in [-0.39, 0.29) is 16.2 Å². The number of nitrogens with one attached hydrogen (secondary N) is 1. The lowest BCUT2D eigenvalue weighted by Gasteiger charge is -2.24. The number of halogens is 2. The molecule has 1 aliphatic rings. The van der Waals surface area contributed by atoms with Crippen LogP contribution in [0.4, 0.5) is 4.39 Å². The molecule has 5 heteroatoms. The highest BCUT2D eigenvalue weighted by Gasteiger charge is 2.20. The van der Waals surface area contributed by atoms with Crippen LogP contribution in [0.25, 0.3) is 0 Å². The molecule has 1 fully saturated rings. The topological polar surface area (TPSA) is 29.1 Å². The Labute approximate surface area is 128 Å². The minimum atomic E-state index is -0.435. The first-order valence-electron chi connectivity index (χ1n) is 6.98. The van der Waals surface area contributed by atoms with E-state index in [1.807, 2.05) is 6.92 Å². The molecule has 0 spiro atoms. The third kappa shape index (κ3) is 4.38. The van der Waals surface area contributed by atoms with Crippen LogP contribution in [0.15, 0.2) is 23.1 Å². The van der Waals surface area contributed by atoms with Crippen molar-refractivity contribution in [2.45, 2.75) is 55.2 Å². The molecule has 1 saturated carbocycles. The first-order chi connectivity index (χ1) is 9.56. The first kappa shape index (κ1) is 15.6. The number of carbonyl (C=O) groups is 1. The zero-order valence-electron chi connectivity index (χ0n) is 11.5. The fraction of sp³-hybridized carbons (Fsp3) is 0.533. The van der Waals surface area contributed by atoms with Crippen molar-refractivity contribution < 1.29 is 9.18 Å². The zero-order valence-corrected chi connectivity index (χ0v) is 13.1. The highest BCUT2D eigenvalue weighted by atomic mass is 35.5.